The van der Waals surface area contributed by atoms with Gasteiger partial charge in [0.2, 0.25) is 5.91 Å². The smallest absolute Gasteiger partial charge is 0.289 e. The molecule has 1 aromatic heterocycles. The summed E-state index contributed by atoms with van der Waals surface area (Å²) in [7, 11) is 1.62. The molecule has 0 bridgehead atoms. The van der Waals surface area contributed by atoms with Gasteiger partial charge in [0, 0.05) is 39.3 Å². The minimum absolute atomic E-state index is 0.0318. The van der Waals surface area contributed by atoms with E-state index in [1.165, 1.54) is 6.26 Å². The second kappa shape index (κ2) is 11.1. The fourth-order valence-corrected chi connectivity index (χ4v) is 3.25. The van der Waals surface area contributed by atoms with Gasteiger partial charge in [-0.1, -0.05) is 12.1 Å². The predicted molar refractivity (Wildman–Crippen MR) is 117 cm³/mol. The van der Waals surface area contributed by atoms with Crippen molar-refractivity contribution < 1.29 is 18.7 Å². The zero-order valence-electron chi connectivity index (χ0n) is 18.0. The maximum atomic E-state index is 12.4. The third kappa shape index (κ3) is 6.24. The van der Waals surface area contributed by atoms with Crippen molar-refractivity contribution in [2.24, 2.45) is 4.99 Å². The Kier molecular flexibility index (Phi) is 7.91. The van der Waals surface area contributed by atoms with Gasteiger partial charge in [0.05, 0.1) is 13.4 Å². The number of piperazine rings is 1. The van der Waals surface area contributed by atoms with E-state index in [0.717, 1.165) is 11.3 Å². The van der Waals surface area contributed by atoms with Crippen molar-refractivity contribution in [2.75, 3.05) is 46.4 Å². The Hall–Kier alpha value is -3.49. The fourth-order valence-electron chi connectivity index (χ4n) is 3.25. The van der Waals surface area contributed by atoms with Crippen LogP contribution in [-0.4, -0.2) is 74.0 Å². The second-order valence-electron chi connectivity index (χ2n) is 7.05. The molecular formula is C22H29N5O4. The number of rotatable bonds is 7. The predicted octanol–water partition coefficient (Wildman–Crippen LogP) is 1.33. The van der Waals surface area contributed by atoms with Crippen molar-refractivity contribution in [3.05, 3.63) is 54.0 Å². The number of carbonyl (C=O) groups is 2. The Morgan fingerprint density at radius 3 is 2.39 bits per heavy atom. The number of hydrogen-bond donors (Lipinski definition) is 2. The molecule has 1 aliphatic rings. The van der Waals surface area contributed by atoms with Crippen molar-refractivity contribution in [2.45, 2.75) is 13.5 Å². The minimum Gasteiger partial charge on any atom is -0.497 e. The number of benzene rings is 1. The Balaban J connectivity index is 1.49. The van der Waals surface area contributed by atoms with Gasteiger partial charge in [0.1, 0.15) is 12.3 Å². The van der Waals surface area contributed by atoms with Gasteiger partial charge in [-0.3, -0.25) is 9.59 Å². The molecule has 1 aliphatic heterocycles. The Labute approximate surface area is 182 Å². The van der Waals surface area contributed by atoms with Crippen molar-refractivity contribution in [1.29, 1.82) is 0 Å². The lowest BCUT2D eigenvalue weighted by Gasteiger charge is -2.36. The van der Waals surface area contributed by atoms with Gasteiger partial charge < -0.3 is 29.6 Å². The zero-order chi connectivity index (χ0) is 22.1. The monoisotopic (exact) mass is 427 g/mol. The number of amides is 2. The summed E-state index contributed by atoms with van der Waals surface area (Å²) < 4.78 is 10.3. The van der Waals surface area contributed by atoms with Gasteiger partial charge in [-0.2, -0.15) is 0 Å². The number of carbonyl (C=O) groups excluding carboxylic acids is 2. The molecule has 0 atom stereocenters. The molecule has 2 N–H and O–H groups in total. The summed E-state index contributed by atoms with van der Waals surface area (Å²) in [5.41, 5.74) is 0.988. The Morgan fingerprint density at radius 1 is 1.06 bits per heavy atom. The molecular weight excluding hydrogens is 398 g/mol. The maximum Gasteiger partial charge on any atom is 0.289 e. The van der Waals surface area contributed by atoms with Crippen LogP contribution in [0.5, 0.6) is 5.75 Å². The number of furan rings is 1. The third-order valence-electron chi connectivity index (χ3n) is 4.95. The van der Waals surface area contributed by atoms with Crippen LogP contribution >= 0.6 is 0 Å². The molecule has 0 saturated carbocycles. The average Bonchev–Trinajstić information content (AvgIpc) is 3.35. The molecule has 1 aromatic carbocycles. The van der Waals surface area contributed by atoms with Gasteiger partial charge in [0.25, 0.3) is 5.91 Å². The molecule has 2 aromatic rings. The highest BCUT2D eigenvalue weighted by atomic mass is 16.5. The number of aliphatic imine (C=N–C) groups is 1. The first kappa shape index (κ1) is 22.2. The van der Waals surface area contributed by atoms with Crippen molar-refractivity contribution in [1.82, 2.24) is 20.4 Å². The zero-order valence-corrected chi connectivity index (χ0v) is 18.0. The van der Waals surface area contributed by atoms with Crippen LogP contribution in [0.15, 0.2) is 52.1 Å². The lowest BCUT2D eigenvalue weighted by Crippen LogP contribution is -2.54. The molecule has 9 heteroatoms. The van der Waals surface area contributed by atoms with E-state index in [1.54, 1.807) is 24.1 Å². The van der Waals surface area contributed by atoms with Crippen LogP contribution in [0.2, 0.25) is 0 Å². The number of ether oxygens (including phenoxy) is 1. The average molecular weight is 428 g/mol. The van der Waals surface area contributed by atoms with Gasteiger partial charge in [-0.25, -0.2) is 4.99 Å². The van der Waals surface area contributed by atoms with Crippen LogP contribution in [0.25, 0.3) is 0 Å². The molecule has 31 heavy (non-hydrogen) atoms. The van der Waals surface area contributed by atoms with E-state index in [1.807, 2.05) is 31.2 Å². The lowest BCUT2D eigenvalue weighted by atomic mass is 10.2. The normalized spacial score (nSPS) is 14.3. The topological polar surface area (TPSA) is 99.4 Å². The Morgan fingerprint density at radius 2 is 1.77 bits per heavy atom. The first-order valence-corrected chi connectivity index (χ1v) is 10.4. The van der Waals surface area contributed by atoms with Crippen molar-refractivity contribution in [3.63, 3.8) is 0 Å². The van der Waals surface area contributed by atoms with E-state index in [9.17, 15) is 9.59 Å². The van der Waals surface area contributed by atoms with Crippen LogP contribution in [0.1, 0.15) is 23.0 Å². The molecule has 0 unspecified atom stereocenters. The highest BCUT2D eigenvalue weighted by Gasteiger charge is 2.25. The molecule has 0 aliphatic carbocycles. The number of hydrogen-bond acceptors (Lipinski definition) is 5. The van der Waals surface area contributed by atoms with Gasteiger partial charge in [-0.05, 0) is 36.8 Å². The van der Waals surface area contributed by atoms with Crippen LogP contribution in [-0.2, 0) is 11.3 Å². The van der Waals surface area contributed by atoms with E-state index >= 15 is 0 Å². The second-order valence-corrected chi connectivity index (χ2v) is 7.05. The van der Waals surface area contributed by atoms with Crippen molar-refractivity contribution >= 4 is 17.8 Å². The largest absolute Gasteiger partial charge is 0.497 e. The molecule has 3 rings (SSSR count). The van der Waals surface area contributed by atoms with E-state index in [0.29, 0.717) is 51.0 Å². The molecule has 0 radical (unpaired) electrons. The highest BCUT2D eigenvalue weighted by molar-refractivity contribution is 5.91. The van der Waals surface area contributed by atoms with Crippen LogP contribution in [0, 0.1) is 0 Å². The molecule has 2 heterocycles. The number of guanidine groups is 1. The third-order valence-corrected chi connectivity index (χ3v) is 4.95. The van der Waals surface area contributed by atoms with Crippen LogP contribution < -0.4 is 15.4 Å². The molecule has 9 nitrogen and oxygen atoms in total. The summed E-state index contributed by atoms with van der Waals surface area (Å²) >= 11 is 0. The van der Waals surface area contributed by atoms with Crippen LogP contribution in [0.4, 0.5) is 0 Å². The summed E-state index contributed by atoms with van der Waals surface area (Å²) in [4.78, 5) is 33.0. The maximum absolute atomic E-state index is 12.4. The number of methoxy groups -OCH3 is 1. The first-order chi connectivity index (χ1) is 15.1. The molecule has 1 fully saturated rings. The van der Waals surface area contributed by atoms with Crippen molar-refractivity contribution in [3.8, 4) is 5.75 Å². The van der Waals surface area contributed by atoms with E-state index in [4.69, 9.17) is 9.15 Å². The Bertz CT molecular complexity index is 872. The fraction of sp³-hybridized carbons (Fsp3) is 0.409. The first-order valence-electron chi connectivity index (χ1n) is 10.4. The summed E-state index contributed by atoms with van der Waals surface area (Å²) in [6, 6.07) is 10.9. The van der Waals surface area contributed by atoms with Gasteiger partial charge in [-0.15, -0.1) is 0 Å². The quantitative estimate of drug-likeness (QED) is 0.511. The molecule has 2 amide bonds. The molecule has 166 valence electrons. The summed E-state index contributed by atoms with van der Waals surface area (Å²) in [5.74, 6) is 1.54. The summed E-state index contributed by atoms with van der Waals surface area (Å²) in [5, 5.41) is 6.10. The summed E-state index contributed by atoms with van der Waals surface area (Å²) in [6.45, 7) is 5.53. The highest BCUT2D eigenvalue weighted by Crippen LogP contribution is 2.11. The minimum atomic E-state index is -0.155. The van der Waals surface area contributed by atoms with E-state index < -0.39 is 0 Å². The van der Waals surface area contributed by atoms with Gasteiger partial charge in [0.15, 0.2) is 11.7 Å². The van der Waals surface area contributed by atoms with Gasteiger partial charge >= 0.3 is 0 Å². The lowest BCUT2D eigenvalue weighted by molar-refractivity contribution is -0.119. The SMILES string of the molecule is CCNC(=NCC(=O)NCc1ccc(OC)cc1)N1CCN(C(=O)c2ccco2)CC1. The number of nitrogens with zero attached hydrogens (tertiary/aromatic N) is 3. The standard InChI is InChI=1S/C22H29N5O4/c1-3-23-22(25-16-20(28)24-15-17-6-8-18(30-2)9-7-17)27-12-10-26(11-13-27)21(29)19-5-4-14-31-19/h4-9,14H,3,10-13,15-16H2,1-2H3,(H,23,25)(H,24,28). The van der Waals surface area contributed by atoms with E-state index in [2.05, 4.69) is 20.5 Å². The summed E-state index contributed by atoms with van der Waals surface area (Å²) in [6.07, 6.45) is 1.50. The molecule has 0 spiro atoms. The number of nitrogens with one attached hydrogen (secondary N) is 2. The van der Waals surface area contributed by atoms with E-state index in [-0.39, 0.29) is 18.4 Å². The van der Waals surface area contributed by atoms with Crippen LogP contribution in [0.3, 0.4) is 0 Å². The molecule has 1 saturated heterocycles.